The largest absolute Gasteiger partial charge is 0.503 e. The summed E-state index contributed by atoms with van der Waals surface area (Å²) in [6, 6.07) is 0.571. The summed E-state index contributed by atoms with van der Waals surface area (Å²) < 4.78 is 1.55. The molecule has 1 unspecified atom stereocenters. The molecule has 0 radical (unpaired) electrons. The van der Waals surface area contributed by atoms with Crippen molar-refractivity contribution in [3.8, 4) is 5.75 Å². The zero-order valence-corrected chi connectivity index (χ0v) is 13.9. The van der Waals surface area contributed by atoms with Crippen LogP contribution < -0.4 is 5.43 Å². The molecular formula is C17H26N2O4. The normalized spacial score (nSPS) is 17.9. The lowest BCUT2D eigenvalue weighted by Gasteiger charge is -2.27. The Morgan fingerprint density at radius 1 is 1.22 bits per heavy atom. The van der Waals surface area contributed by atoms with Gasteiger partial charge in [-0.1, -0.05) is 26.7 Å². The Labute approximate surface area is 136 Å². The van der Waals surface area contributed by atoms with E-state index in [4.69, 9.17) is 0 Å². The molecule has 23 heavy (non-hydrogen) atoms. The second-order valence-electron chi connectivity index (χ2n) is 6.64. The van der Waals surface area contributed by atoms with Gasteiger partial charge in [-0.25, -0.2) is 4.79 Å². The molecule has 1 aromatic heterocycles. The summed E-state index contributed by atoms with van der Waals surface area (Å²) in [6.45, 7) is 6.09. The molecule has 1 fully saturated rings. The van der Waals surface area contributed by atoms with Gasteiger partial charge < -0.3 is 14.8 Å². The number of aromatic hydroxyl groups is 1. The van der Waals surface area contributed by atoms with E-state index in [-0.39, 0.29) is 5.92 Å². The van der Waals surface area contributed by atoms with Gasteiger partial charge in [-0.2, -0.15) is 0 Å². The molecule has 1 aliphatic heterocycles. The number of hydrogen-bond acceptors (Lipinski definition) is 4. The number of carboxylic acid groups (broad SMARTS) is 1. The number of nitrogens with zero attached hydrogens (tertiary/aromatic N) is 2. The number of rotatable bonds is 5. The van der Waals surface area contributed by atoms with E-state index >= 15 is 0 Å². The fraction of sp³-hybridized carbons (Fsp3) is 0.647. The highest BCUT2D eigenvalue weighted by Gasteiger charge is 2.26. The van der Waals surface area contributed by atoms with Crippen LogP contribution in [-0.2, 0) is 11.3 Å². The van der Waals surface area contributed by atoms with E-state index in [1.807, 2.05) is 13.8 Å². The van der Waals surface area contributed by atoms with Crippen LogP contribution in [0.3, 0.4) is 0 Å². The Bertz CT molecular complexity index is 601. The number of aromatic nitrogens is 1. The van der Waals surface area contributed by atoms with Gasteiger partial charge in [0.25, 0.3) is 0 Å². The van der Waals surface area contributed by atoms with Crippen LogP contribution in [-0.4, -0.2) is 38.7 Å². The van der Waals surface area contributed by atoms with Crippen molar-refractivity contribution in [2.24, 2.45) is 5.92 Å². The average Bonchev–Trinajstić information content (AvgIpc) is 2.72. The van der Waals surface area contributed by atoms with E-state index in [1.165, 1.54) is 25.1 Å². The summed E-state index contributed by atoms with van der Waals surface area (Å²) in [5, 5.41) is 19.3. The third-order valence-corrected chi connectivity index (χ3v) is 4.41. The van der Waals surface area contributed by atoms with Crippen molar-refractivity contribution in [1.82, 2.24) is 9.47 Å². The van der Waals surface area contributed by atoms with Gasteiger partial charge in [0.15, 0.2) is 5.75 Å². The quantitative estimate of drug-likeness (QED) is 0.868. The first kappa shape index (κ1) is 17.5. The van der Waals surface area contributed by atoms with E-state index in [0.717, 1.165) is 25.9 Å². The van der Waals surface area contributed by atoms with Crippen molar-refractivity contribution >= 4 is 5.97 Å². The lowest BCUT2D eigenvalue weighted by molar-refractivity contribution is -0.142. The zero-order valence-electron chi connectivity index (χ0n) is 13.9. The van der Waals surface area contributed by atoms with Crippen LogP contribution in [0.5, 0.6) is 5.75 Å². The van der Waals surface area contributed by atoms with Crippen LogP contribution in [0.4, 0.5) is 0 Å². The first-order valence-corrected chi connectivity index (χ1v) is 8.29. The van der Waals surface area contributed by atoms with Gasteiger partial charge in [-0.15, -0.1) is 0 Å². The molecule has 0 spiro atoms. The van der Waals surface area contributed by atoms with Gasteiger partial charge in [0.2, 0.25) is 5.43 Å². The summed E-state index contributed by atoms with van der Waals surface area (Å²) in [5.41, 5.74) is 0.190. The van der Waals surface area contributed by atoms with Crippen LogP contribution in [0.25, 0.3) is 0 Å². The van der Waals surface area contributed by atoms with Gasteiger partial charge in [0.1, 0.15) is 6.04 Å². The van der Waals surface area contributed by atoms with E-state index < -0.39 is 23.2 Å². The minimum atomic E-state index is -0.958. The highest BCUT2D eigenvalue weighted by molar-refractivity contribution is 5.72. The lowest BCUT2D eigenvalue weighted by Crippen LogP contribution is -2.32. The molecule has 1 aliphatic rings. The fourth-order valence-electron chi connectivity index (χ4n) is 3.21. The summed E-state index contributed by atoms with van der Waals surface area (Å²) in [4.78, 5) is 25.7. The predicted octanol–water partition coefficient (Wildman–Crippen LogP) is 2.21. The maximum Gasteiger partial charge on any atom is 0.326 e. The van der Waals surface area contributed by atoms with Crippen LogP contribution >= 0.6 is 0 Å². The molecule has 0 aromatic carbocycles. The van der Waals surface area contributed by atoms with Gasteiger partial charge in [-0.3, -0.25) is 9.69 Å². The van der Waals surface area contributed by atoms with Crippen molar-refractivity contribution < 1.29 is 15.0 Å². The summed E-state index contributed by atoms with van der Waals surface area (Å²) in [7, 11) is 0. The van der Waals surface area contributed by atoms with E-state index in [0.29, 0.717) is 12.2 Å². The molecule has 6 heteroatoms. The summed E-state index contributed by atoms with van der Waals surface area (Å²) in [5.74, 6) is -1.52. The number of hydrogen-bond donors (Lipinski definition) is 2. The molecular weight excluding hydrogens is 296 g/mol. The number of likely N-dealkylation sites (tertiary alicyclic amines) is 1. The van der Waals surface area contributed by atoms with Crippen molar-refractivity contribution in [3.63, 3.8) is 0 Å². The average molecular weight is 322 g/mol. The number of carboxylic acids is 1. The predicted molar refractivity (Wildman–Crippen MR) is 87.6 cm³/mol. The Morgan fingerprint density at radius 2 is 1.83 bits per heavy atom. The molecule has 1 saturated heterocycles. The minimum Gasteiger partial charge on any atom is -0.503 e. The highest BCUT2D eigenvalue weighted by atomic mass is 16.4. The standard InChI is InChI=1S/C17H26N2O4/c1-12(2)16(17(22)23)19-11-15(21)14(20)9-13(19)10-18-7-5-3-4-6-8-18/h9,11-12,16,21H,3-8,10H2,1-2H3,(H,22,23). The topological polar surface area (TPSA) is 82.8 Å². The molecule has 1 atom stereocenters. The molecule has 2 N–H and O–H groups in total. The smallest absolute Gasteiger partial charge is 0.326 e. The molecule has 0 aliphatic carbocycles. The van der Waals surface area contributed by atoms with Gasteiger partial charge >= 0.3 is 5.97 Å². The van der Waals surface area contributed by atoms with Crippen molar-refractivity contribution in [1.29, 1.82) is 0 Å². The highest BCUT2D eigenvalue weighted by Crippen LogP contribution is 2.23. The first-order valence-electron chi connectivity index (χ1n) is 8.29. The molecule has 2 rings (SSSR count). The van der Waals surface area contributed by atoms with Crippen molar-refractivity contribution in [2.75, 3.05) is 13.1 Å². The Morgan fingerprint density at radius 3 is 2.35 bits per heavy atom. The van der Waals surface area contributed by atoms with Crippen LogP contribution in [0.1, 0.15) is 51.3 Å². The lowest BCUT2D eigenvalue weighted by atomic mass is 10.0. The second-order valence-corrected chi connectivity index (χ2v) is 6.64. The summed E-state index contributed by atoms with van der Waals surface area (Å²) in [6.07, 6.45) is 5.93. The number of pyridine rings is 1. The van der Waals surface area contributed by atoms with Crippen molar-refractivity contribution in [2.45, 2.75) is 52.1 Å². The van der Waals surface area contributed by atoms with Gasteiger partial charge in [-0.05, 0) is 31.8 Å². The Balaban J connectivity index is 2.38. The van der Waals surface area contributed by atoms with Gasteiger partial charge in [0, 0.05) is 18.3 Å². The molecule has 0 saturated carbocycles. The van der Waals surface area contributed by atoms with Crippen LogP contribution in [0.2, 0.25) is 0 Å². The van der Waals surface area contributed by atoms with E-state index in [1.54, 1.807) is 4.57 Å². The van der Waals surface area contributed by atoms with E-state index in [2.05, 4.69) is 4.90 Å². The minimum absolute atomic E-state index is 0.155. The number of aliphatic carboxylic acids is 1. The molecule has 128 valence electrons. The van der Waals surface area contributed by atoms with Gasteiger partial charge in [0.05, 0.1) is 6.20 Å². The first-order chi connectivity index (χ1) is 10.9. The van der Waals surface area contributed by atoms with Crippen LogP contribution in [0.15, 0.2) is 17.1 Å². The molecule has 2 heterocycles. The monoisotopic (exact) mass is 322 g/mol. The maximum absolute atomic E-state index is 11.8. The molecule has 0 amide bonds. The number of carbonyl (C=O) groups is 1. The third-order valence-electron chi connectivity index (χ3n) is 4.41. The molecule has 0 bridgehead atoms. The Hall–Kier alpha value is -1.82. The zero-order chi connectivity index (χ0) is 17.0. The SMILES string of the molecule is CC(C)C(C(=O)O)n1cc(O)c(=O)cc1CN1CCCCCC1. The Kier molecular flexibility index (Phi) is 5.82. The summed E-state index contributed by atoms with van der Waals surface area (Å²) >= 11 is 0. The molecule has 6 nitrogen and oxygen atoms in total. The van der Waals surface area contributed by atoms with Crippen molar-refractivity contribution in [3.05, 3.63) is 28.2 Å². The van der Waals surface area contributed by atoms with Crippen LogP contribution in [0, 0.1) is 5.92 Å². The fourth-order valence-corrected chi connectivity index (χ4v) is 3.21. The maximum atomic E-state index is 11.8. The van der Waals surface area contributed by atoms with E-state index in [9.17, 15) is 19.8 Å². The molecule has 1 aromatic rings. The second kappa shape index (κ2) is 7.64. The third kappa shape index (κ3) is 4.34.